The highest BCUT2D eigenvalue weighted by Crippen LogP contribution is 2.21. The van der Waals surface area contributed by atoms with Gasteiger partial charge in [-0.25, -0.2) is 4.79 Å². The third kappa shape index (κ3) is 3.55. The third-order valence-corrected chi connectivity index (χ3v) is 4.38. The van der Waals surface area contributed by atoms with Gasteiger partial charge >= 0.3 is 5.63 Å². The molecule has 1 atom stereocenters. The van der Waals surface area contributed by atoms with Crippen molar-refractivity contribution < 1.29 is 13.9 Å². The van der Waals surface area contributed by atoms with Gasteiger partial charge in [0.25, 0.3) is 5.91 Å². The first-order valence-electron chi connectivity index (χ1n) is 8.13. The fourth-order valence-electron chi connectivity index (χ4n) is 3.11. The maximum atomic E-state index is 12.4. The molecule has 1 aromatic carbocycles. The van der Waals surface area contributed by atoms with Crippen LogP contribution in [0.4, 0.5) is 0 Å². The molecule has 5 heteroatoms. The Morgan fingerprint density at radius 1 is 1.30 bits per heavy atom. The van der Waals surface area contributed by atoms with E-state index >= 15 is 0 Å². The van der Waals surface area contributed by atoms with E-state index in [4.69, 9.17) is 9.15 Å². The van der Waals surface area contributed by atoms with Crippen molar-refractivity contribution in [2.75, 3.05) is 13.2 Å². The molecule has 0 bridgehead atoms. The van der Waals surface area contributed by atoms with Crippen LogP contribution in [-0.2, 0) is 4.79 Å². The summed E-state index contributed by atoms with van der Waals surface area (Å²) in [6, 6.07) is 8.66. The zero-order valence-electron chi connectivity index (χ0n) is 13.3. The molecule has 0 unspecified atom stereocenters. The topological polar surface area (TPSA) is 59.8 Å². The summed E-state index contributed by atoms with van der Waals surface area (Å²) in [5.74, 6) is 0.552. The lowest BCUT2D eigenvalue weighted by molar-refractivity contribution is -0.137. The van der Waals surface area contributed by atoms with Gasteiger partial charge in [0.1, 0.15) is 11.3 Å². The Balaban J connectivity index is 1.67. The second-order valence-corrected chi connectivity index (χ2v) is 5.89. The minimum absolute atomic E-state index is 0.0130. The molecule has 0 saturated carbocycles. The van der Waals surface area contributed by atoms with E-state index in [0.717, 1.165) is 31.2 Å². The molecule has 1 aliphatic heterocycles. The molecule has 5 nitrogen and oxygen atoms in total. The minimum atomic E-state index is -0.398. The molecule has 0 spiro atoms. The fourth-order valence-corrected chi connectivity index (χ4v) is 3.11. The Morgan fingerprint density at radius 3 is 2.96 bits per heavy atom. The van der Waals surface area contributed by atoms with Crippen LogP contribution in [0, 0.1) is 0 Å². The molecule has 122 valence electrons. The van der Waals surface area contributed by atoms with Gasteiger partial charge in [0, 0.05) is 30.1 Å². The van der Waals surface area contributed by atoms with Crippen LogP contribution in [0.15, 0.2) is 39.5 Å². The molecule has 1 fully saturated rings. The lowest BCUT2D eigenvalue weighted by atomic mass is 10.00. The average Bonchev–Trinajstić information content (AvgIpc) is 2.59. The normalized spacial score (nSPS) is 18.1. The highest BCUT2D eigenvalue weighted by molar-refractivity contribution is 5.79. The lowest BCUT2D eigenvalue weighted by Crippen LogP contribution is -2.45. The van der Waals surface area contributed by atoms with Crippen molar-refractivity contribution in [1.82, 2.24) is 4.90 Å². The molecular weight excluding hydrogens is 294 g/mol. The quantitative estimate of drug-likeness (QED) is 0.814. The zero-order valence-corrected chi connectivity index (χ0v) is 13.3. The molecule has 23 heavy (non-hydrogen) atoms. The molecule has 0 aliphatic carbocycles. The number of ether oxygens (including phenoxy) is 1. The first-order valence-corrected chi connectivity index (χ1v) is 8.13. The van der Waals surface area contributed by atoms with Gasteiger partial charge in [0.2, 0.25) is 0 Å². The van der Waals surface area contributed by atoms with Crippen molar-refractivity contribution >= 4 is 16.9 Å². The zero-order chi connectivity index (χ0) is 16.2. The Bertz CT molecular complexity index is 752. The summed E-state index contributed by atoms with van der Waals surface area (Å²) in [6.45, 7) is 2.94. The van der Waals surface area contributed by atoms with Gasteiger partial charge in [0.15, 0.2) is 6.61 Å². The van der Waals surface area contributed by atoms with Crippen molar-refractivity contribution in [3.8, 4) is 5.75 Å². The number of hydrogen-bond acceptors (Lipinski definition) is 4. The van der Waals surface area contributed by atoms with Gasteiger partial charge in [-0.05, 0) is 43.9 Å². The summed E-state index contributed by atoms with van der Waals surface area (Å²) < 4.78 is 10.7. The monoisotopic (exact) mass is 315 g/mol. The maximum Gasteiger partial charge on any atom is 0.336 e. The number of piperidine rings is 1. The Hall–Kier alpha value is -2.30. The van der Waals surface area contributed by atoms with Gasteiger partial charge in [-0.3, -0.25) is 4.79 Å². The summed E-state index contributed by atoms with van der Waals surface area (Å²) in [7, 11) is 0. The van der Waals surface area contributed by atoms with E-state index < -0.39 is 5.63 Å². The van der Waals surface area contributed by atoms with Gasteiger partial charge < -0.3 is 14.1 Å². The van der Waals surface area contributed by atoms with Crippen LogP contribution in [0.5, 0.6) is 5.75 Å². The van der Waals surface area contributed by atoms with Crippen LogP contribution in [0.1, 0.15) is 32.6 Å². The number of amides is 1. The van der Waals surface area contributed by atoms with E-state index in [0.29, 0.717) is 17.4 Å². The maximum absolute atomic E-state index is 12.4. The SMILES string of the molecule is CC[C@@H]1CCCCN1C(=O)COc1ccc2ccc(=O)oc2c1. The predicted molar refractivity (Wildman–Crippen MR) is 87.6 cm³/mol. The van der Waals surface area contributed by atoms with E-state index in [1.807, 2.05) is 11.0 Å². The van der Waals surface area contributed by atoms with E-state index in [1.54, 1.807) is 18.2 Å². The summed E-state index contributed by atoms with van der Waals surface area (Å²) in [5, 5.41) is 0.824. The summed E-state index contributed by atoms with van der Waals surface area (Å²) in [6.07, 6.45) is 4.30. The average molecular weight is 315 g/mol. The summed E-state index contributed by atoms with van der Waals surface area (Å²) >= 11 is 0. The Morgan fingerprint density at radius 2 is 2.13 bits per heavy atom. The number of benzene rings is 1. The fraction of sp³-hybridized carbons (Fsp3) is 0.444. The summed E-state index contributed by atoms with van der Waals surface area (Å²) in [4.78, 5) is 25.6. The molecule has 1 aliphatic rings. The number of nitrogens with zero attached hydrogens (tertiary/aromatic N) is 1. The van der Waals surface area contributed by atoms with E-state index in [1.165, 1.54) is 12.5 Å². The van der Waals surface area contributed by atoms with E-state index in [2.05, 4.69) is 6.92 Å². The van der Waals surface area contributed by atoms with Crippen molar-refractivity contribution in [2.24, 2.45) is 0 Å². The molecule has 3 rings (SSSR count). The third-order valence-electron chi connectivity index (χ3n) is 4.38. The molecular formula is C18H21NO4. The minimum Gasteiger partial charge on any atom is -0.484 e. The Kier molecular flexibility index (Phi) is 4.65. The van der Waals surface area contributed by atoms with Crippen LogP contribution in [0.3, 0.4) is 0 Å². The number of carbonyl (C=O) groups excluding carboxylic acids is 1. The number of carbonyl (C=O) groups is 1. The van der Waals surface area contributed by atoms with Crippen molar-refractivity contribution in [1.29, 1.82) is 0 Å². The molecule has 2 heterocycles. The van der Waals surface area contributed by atoms with Gasteiger partial charge in [-0.1, -0.05) is 6.92 Å². The van der Waals surface area contributed by atoms with Crippen LogP contribution in [-0.4, -0.2) is 30.0 Å². The standard InChI is InChI=1S/C18H21NO4/c1-2-14-5-3-4-10-19(14)17(20)12-22-15-8-6-13-7-9-18(21)23-16(13)11-15/h6-9,11,14H,2-5,10,12H2,1H3/t14-/m1/s1. The largest absolute Gasteiger partial charge is 0.484 e. The van der Waals surface area contributed by atoms with Crippen LogP contribution in [0.25, 0.3) is 11.0 Å². The number of rotatable bonds is 4. The Labute approximate surface area is 134 Å². The molecule has 1 aromatic heterocycles. The highest BCUT2D eigenvalue weighted by atomic mass is 16.5. The van der Waals surface area contributed by atoms with Crippen LogP contribution >= 0.6 is 0 Å². The second-order valence-electron chi connectivity index (χ2n) is 5.89. The first-order chi connectivity index (χ1) is 11.2. The molecule has 1 amide bonds. The van der Waals surface area contributed by atoms with Crippen LogP contribution < -0.4 is 10.4 Å². The highest BCUT2D eigenvalue weighted by Gasteiger charge is 2.25. The van der Waals surface area contributed by atoms with Crippen molar-refractivity contribution in [2.45, 2.75) is 38.6 Å². The van der Waals surface area contributed by atoms with Crippen LogP contribution in [0.2, 0.25) is 0 Å². The van der Waals surface area contributed by atoms with Crippen molar-refractivity contribution in [3.63, 3.8) is 0 Å². The lowest BCUT2D eigenvalue weighted by Gasteiger charge is -2.35. The smallest absolute Gasteiger partial charge is 0.336 e. The molecule has 1 saturated heterocycles. The molecule has 0 N–H and O–H groups in total. The second kappa shape index (κ2) is 6.86. The van der Waals surface area contributed by atoms with Crippen molar-refractivity contribution in [3.05, 3.63) is 40.8 Å². The van der Waals surface area contributed by atoms with Gasteiger partial charge in [-0.2, -0.15) is 0 Å². The molecule has 2 aromatic rings. The number of fused-ring (bicyclic) bond motifs is 1. The first kappa shape index (κ1) is 15.6. The number of likely N-dealkylation sites (tertiary alicyclic amines) is 1. The van der Waals surface area contributed by atoms with E-state index in [9.17, 15) is 9.59 Å². The predicted octanol–water partition coefficient (Wildman–Crippen LogP) is 2.96. The summed E-state index contributed by atoms with van der Waals surface area (Å²) in [5.41, 5.74) is 0.0664. The van der Waals surface area contributed by atoms with E-state index in [-0.39, 0.29) is 12.5 Å². The number of hydrogen-bond donors (Lipinski definition) is 0. The molecule has 0 radical (unpaired) electrons. The van der Waals surface area contributed by atoms with Gasteiger partial charge in [0.05, 0.1) is 0 Å². The van der Waals surface area contributed by atoms with Gasteiger partial charge in [-0.15, -0.1) is 0 Å².